The Kier molecular flexibility index (Phi) is 7.25. The lowest BCUT2D eigenvalue weighted by Crippen LogP contribution is -2.45. The van der Waals surface area contributed by atoms with Crippen LogP contribution in [0.25, 0.3) is 0 Å². The zero-order chi connectivity index (χ0) is 19.8. The predicted molar refractivity (Wildman–Crippen MR) is 117 cm³/mol. The van der Waals surface area contributed by atoms with Crippen LogP contribution in [0, 0.1) is 0 Å². The molecular weight excluding hydrogens is 420 g/mol. The first-order valence-electron chi connectivity index (χ1n) is 9.40. The molecule has 8 heteroatoms. The molecule has 28 heavy (non-hydrogen) atoms. The number of carbonyl (C=O) groups excluding carboxylic acids is 1. The van der Waals surface area contributed by atoms with Crippen LogP contribution in [0.4, 0.5) is 11.4 Å². The van der Waals surface area contributed by atoms with Crippen molar-refractivity contribution in [1.82, 2.24) is 15.6 Å². The number of halogens is 1. The minimum absolute atomic E-state index is 0.0465. The number of benzene rings is 1. The molecule has 1 unspecified atom stereocenters. The largest absolute Gasteiger partial charge is 0.368 e. The van der Waals surface area contributed by atoms with E-state index in [1.807, 2.05) is 19.1 Å². The van der Waals surface area contributed by atoms with Crippen molar-refractivity contribution in [3.05, 3.63) is 53.3 Å². The summed E-state index contributed by atoms with van der Waals surface area (Å²) < 4.78 is 1.10. The van der Waals surface area contributed by atoms with Gasteiger partial charge in [-0.1, -0.05) is 12.1 Å². The molecule has 1 atom stereocenters. The highest BCUT2D eigenvalue weighted by molar-refractivity contribution is 9.10. The van der Waals surface area contributed by atoms with Gasteiger partial charge in [0, 0.05) is 36.3 Å². The molecule has 0 saturated carbocycles. The van der Waals surface area contributed by atoms with Gasteiger partial charge in [-0.2, -0.15) is 0 Å². The summed E-state index contributed by atoms with van der Waals surface area (Å²) in [6.07, 6.45) is 4.29. The zero-order valence-corrected chi connectivity index (χ0v) is 17.4. The number of aliphatic imine (C=N–C) groups is 1. The van der Waals surface area contributed by atoms with E-state index >= 15 is 0 Å². The van der Waals surface area contributed by atoms with Crippen molar-refractivity contribution >= 4 is 39.2 Å². The fourth-order valence-electron chi connectivity index (χ4n) is 3.11. The van der Waals surface area contributed by atoms with E-state index in [-0.39, 0.29) is 18.5 Å². The summed E-state index contributed by atoms with van der Waals surface area (Å²) >= 11 is 3.62. The molecule has 7 nitrogen and oxygen atoms in total. The Morgan fingerprint density at radius 2 is 2.18 bits per heavy atom. The lowest BCUT2D eigenvalue weighted by atomic mass is 10.3. The number of hydrogen-bond acceptors (Lipinski definition) is 4. The fraction of sp³-hybridized carbons (Fsp3) is 0.350. The van der Waals surface area contributed by atoms with Crippen LogP contribution in [0.15, 0.2) is 58.3 Å². The van der Waals surface area contributed by atoms with E-state index in [2.05, 4.69) is 58.9 Å². The average molecular weight is 445 g/mol. The topological polar surface area (TPSA) is 81.6 Å². The maximum absolute atomic E-state index is 12.1. The number of carbonyl (C=O) groups is 1. The standard InChI is InChI=1S/C20H25BrN6O/c1-2-23-20(24-13-19(28)25-15-6-5-10-22-12-15)26-16-9-11-27(14-16)18-8-4-3-7-17(18)21/h3-8,10,12,16H,2,9,11,13-14H2,1H3,(H,25,28)(H2,23,24,26). The highest BCUT2D eigenvalue weighted by atomic mass is 79.9. The van der Waals surface area contributed by atoms with Crippen molar-refractivity contribution in [2.75, 3.05) is 36.4 Å². The monoisotopic (exact) mass is 444 g/mol. The van der Waals surface area contributed by atoms with Crippen LogP contribution in [-0.4, -0.2) is 49.1 Å². The number of para-hydroxylation sites is 1. The number of nitrogens with one attached hydrogen (secondary N) is 3. The Hall–Kier alpha value is -2.61. The van der Waals surface area contributed by atoms with Gasteiger partial charge in [0.25, 0.3) is 0 Å². The minimum Gasteiger partial charge on any atom is -0.368 e. The molecular formula is C20H25BrN6O. The summed E-state index contributed by atoms with van der Waals surface area (Å²) in [5.74, 6) is 0.481. The molecule has 2 aromatic rings. The van der Waals surface area contributed by atoms with Crippen LogP contribution in [0.1, 0.15) is 13.3 Å². The number of rotatable bonds is 6. The normalized spacial score (nSPS) is 16.7. The third-order valence-electron chi connectivity index (χ3n) is 4.39. The average Bonchev–Trinajstić information content (AvgIpc) is 3.16. The molecule has 0 radical (unpaired) electrons. The first kappa shape index (κ1) is 20.1. The van der Waals surface area contributed by atoms with Crippen molar-refractivity contribution in [2.24, 2.45) is 4.99 Å². The molecule has 0 spiro atoms. The lowest BCUT2D eigenvalue weighted by molar-refractivity contribution is -0.114. The van der Waals surface area contributed by atoms with Crippen molar-refractivity contribution in [3.63, 3.8) is 0 Å². The molecule has 1 aliphatic heterocycles. The first-order chi connectivity index (χ1) is 13.7. The van der Waals surface area contributed by atoms with Crippen molar-refractivity contribution in [2.45, 2.75) is 19.4 Å². The number of hydrogen-bond donors (Lipinski definition) is 3. The number of nitrogens with zero attached hydrogens (tertiary/aromatic N) is 3. The first-order valence-corrected chi connectivity index (χ1v) is 10.2. The Bertz CT molecular complexity index is 813. The second-order valence-electron chi connectivity index (χ2n) is 6.51. The van der Waals surface area contributed by atoms with Gasteiger partial charge in [0.05, 0.1) is 17.6 Å². The SMILES string of the molecule is CCNC(=NCC(=O)Nc1cccnc1)NC1CCN(c2ccccc2Br)C1. The molecule has 1 aromatic heterocycles. The van der Waals surface area contributed by atoms with Crippen LogP contribution >= 0.6 is 15.9 Å². The molecule has 1 aliphatic rings. The van der Waals surface area contributed by atoms with E-state index in [1.165, 1.54) is 5.69 Å². The summed E-state index contributed by atoms with van der Waals surface area (Å²) in [5.41, 5.74) is 1.87. The summed E-state index contributed by atoms with van der Waals surface area (Å²) in [6.45, 7) is 4.65. The van der Waals surface area contributed by atoms with Crippen molar-refractivity contribution < 1.29 is 4.79 Å². The van der Waals surface area contributed by atoms with Gasteiger partial charge in [-0.15, -0.1) is 0 Å². The Labute approximate surface area is 173 Å². The van der Waals surface area contributed by atoms with E-state index in [0.29, 0.717) is 11.6 Å². The summed E-state index contributed by atoms with van der Waals surface area (Å²) in [7, 11) is 0. The van der Waals surface area contributed by atoms with Gasteiger partial charge < -0.3 is 20.9 Å². The van der Waals surface area contributed by atoms with Gasteiger partial charge in [0.1, 0.15) is 6.54 Å². The van der Waals surface area contributed by atoms with E-state index in [4.69, 9.17) is 0 Å². The molecule has 3 rings (SSSR count). The smallest absolute Gasteiger partial charge is 0.246 e. The number of aromatic nitrogens is 1. The van der Waals surface area contributed by atoms with E-state index < -0.39 is 0 Å². The summed E-state index contributed by atoms with van der Waals surface area (Å²) in [5, 5.41) is 9.45. The molecule has 1 saturated heterocycles. The number of guanidine groups is 1. The molecule has 0 bridgehead atoms. The highest BCUT2D eigenvalue weighted by Gasteiger charge is 2.24. The molecule has 0 aliphatic carbocycles. The number of amides is 1. The Morgan fingerprint density at radius 1 is 1.32 bits per heavy atom. The van der Waals surface area contributed by atoms with Crippen LogP contribution in [0.2, 0.25) is 0 Å². The van der Waals surface area contributed by atoms with Gasteiger partial charge in [-0.05, 0) is 53.5 Å². The maximum atomic E-state index is 12.1. The maximum Gasteiger partial charge on any atom is 0.246 e. The van der Waals surface area contributed by atoms with Crippen LogP contribution < -0.4 is 20.9 Å². The fourth-order valence-corrected chi connectivity index (χ4v) is 3.64. The molecule has 148 valence electrons. The molecule has 1 amide bonds. The van der Waals surface area contributed by atoms with Crippen molar-refractivity contribution in [3.8, 4) is 0 Å². The molecule has 2 heterocycles. The quantitative estimate of drug-likeness (QED) is 0.471. The van der Waals surface area contributed by atoms with E-state index in [0.717, 1.165) is 30.5 Å². The van der Waals surface area contributed by atoms with Gasteiger partial charge in [0.15, 0.2) is 5.96 Å². The van der Waals surface area contributed by atoms with Gasteiger partial charge in [-0.3, -0.25) is 9.78 Å². The number of pyridine rings is 1. The van der Waals surface area contributed by atoms with Crippen molar-refractivity contribution in [1.29, 1.82) is 0 Å². The summed E-state index contributed by atoms with van der Waals surface area (Å²) in [6, 6.07) is 12.1. The number of anilines is 2. The van der Waals surface area contributed by atoms with E-state index in [1.54, 1.807) is 24.5 Å². The Morgan fingerprint density at radius 3 is 2.93 bits per heavy atom. The zero-order valence-electron chi connectivity index (χ0n) is 15.9. The molecule has 1 aromatic carbocycles. The molecule has 3 N–H and O–H groups in total. The van der Waals surface area contributed by atoms with Crippen LogP contribution in [-0.2, 0) is 4.79 Å². The third kappa shape index (κ3) is 5.69. The minimum atomic E-state index is -0.175. The van der Waals surface area contributed by atoms with Crippen LogP contribution in [0.5, 0.6) is 0 Å². The van der Waals surface area contributed by atoms with Gasteiger partial charge >= 0.3 is 0 Å². The third-order valence-corrected chi connectivity index (χ3v) is 5.06. The van der Waals surface area contributed by atoms with Crippen LogP contribution in [0.3, 0.4) is 0 Å². The predicted octanol–water partition coefficient (Wildman–Crippen LogP) is 2.62. The van der Waals surface area contributed by atoms with Gasteiger partial charge in [-0.25, -0.2) is 4.99 Å². The highest BCUT2D eigenvalue weighted by Crippen LogP contribution is 2.28. The second kappa shape index (κ2) is 10.1. The summed E-state index contributed by atoms with van der Waals surface area (Å²) in [4.78, 5) is 22.9. The second-order valence-corrected chi connectivity index (χ2v) is 7.37. The lowest BCUT2D eigenvalue weighted by Gasteiger charge is -2.21. The molecule has 1 fully saturated rings. The van der Waals surface area contributed by atoms with Gasteiger partial charge in [0.2, 0.25) is 5.91 Å². The van der Waals surface area contributed by atoms with E-state index in [9.17, 15) is 4.79 Å². The Balaban J connectivity index is 1.55.